The van der Waals surface area contributed by atoms with E-state index in [1.165, 1.54) is 24.5 Å². The van der Waals surface area contributed by atoms with Gasteiger partial charge in [-0.05, 0) is 92.6 Å². The molecule has 4 aromatic rings. The highest BCUT2D eigenvalue weighted by Gasteiger charge is 2.31. The maximum Gasteiger partial charge on any atom is 0.328 e. The lowest BCUT2D eigenvalue weighted by Gasteiger charge is -2.25. The fourth-order valence-electron chi connectivity index (χ4n) is 5.70. The quantitative estimate of drug-likeness (QED) is 0.213. The molecule has 1 fully saturated rings. The van der Waals surface area contributed by atoms with Crippen LogP contribution in [0.5, 0.6) is 0 Å². The van der Waals surface area contributed by atoms with Gasteiger partial charge in [0.15, 0.2) is 0 Å². The number of hydrogen-bond acceptors (Lipinski definition) is 4. The van der Waals surface area contributed by atoms with Crippen LogP contribution in [0.25, 0.3) is 28.4 Å². The van der Waals surface area contributed by atoms with Gasteiger partial charge in [-0.1, -0.05) is 37.1 Å². The molecule has 8 heteroatoms. The average molecular weight is 565 g/mol. The Hall–Kier alpha value is -4.72. The number of carbonyl (C=O) groups is 3. The van der Waals surface area contributed by atoms with Gasteiger partial charge < -0.3 is 20.3 Å². The van der Waals surface area contributed by atoms with E-state index in [0.29, 0.717) is 22.7 Å². The predicted molar refractivity (Wildman–Crippen MR) is 165 cm³/mol. The molecular weight excluding hydrogens is 528 g/mol. The molecular formula is C34H36N4O4. The first kappa shape index (κ1) is 28.8. The van der Waals surface area contributed by atoms with E-state index in [0.717, 1.165) is 46.8 Å². The minimum atomic E-state index is -1.20. The van der Waals surface area contributed by atoms with Gasteiger partial charge in [-0.2, -0.15) is 0 Å². The van der Waals surface area contributed by atoms with Crippen LogP contribution < -0.4 is 10.6 Å². The number of aryl methyl sites for hydroxylation is 2. The van der Waals surface area contributed by atoms with Gasteiger partial charge in [-0.15, -0.1) is 0 Å². The average Bonchev–Trinajstić information content (AvgIpc) is 3.59. The van der Waals surface area contributed by atoms with Crippen LogP contribution >= 0.6 is 0 Å². The molecule has 5 rings (SSSR count). The van der Waals surface area contributed by atoms with Crippen molar-refractivity contribution < 1.29 is 19.5 Å². The summed E-state index contributed by atoms with van der Waals surface area (Å²) in [7, 11) is 2.03. The number of carboxylic acid groups (broad SMARTS) is 1. The van der Waals surface area contributed by atoms with Crippen molar-refractivity contribution in [2.75, 3.05) is 5.32 Å². The third-order valence-corrected chi connectivity index (χ3v) is 8.00. The summed E-state index contributed by atoms with van der Waals surface area (Å²) in [5.74, 6) is -1.30. The molecule has 2 heterocycles. The number of benzene rings is 2. The number of rotatable bonds is 8. The number of nitrogens with zero attached hydrogens (tertiary/aromatic N) is 2. The fraction of sp³-hybridized carbons (Fsp3) is 0.294. The Morgan fingerprint density at radius 2 is 1.74 bits per heavy atom. The molecule has 8 nitrogen and oxygen atoms in total. The van der Waals surface area contributed by atoms with E-state index in [9.17, 15) is 14.4 Å². The zero-order valence-electron chi connectivity index (χ0n) is 24.4. The minimum absolute atomic E-state index is 0.343. The molecule has 2 aromatic carbocycles. The summed E-state index contributed by atoms with van der Waals surface area (Å²) in [6.07, 6.45) is 9.13. The van der Waals surface area contributed by atoms with Crippen molar-refractivity contribution in [3.05, 3.63) is 89.1 Å². The molecule has 0 aliphatic heterocycles. The van der Waals surface area contributed by atoms with Gasteiger partial charge in [0.2, 0.25) is 5.91 Å². The second-order valence-electron chi connectivity index (χ2n) is 11.6. The number of hydrogen-bond donors (Lipinski definition) is 3. The molecule has 2 aromatic heterocycles. The molecule has 216 valence electrons. The van der Waals surface area contributed by atoms with Crippen LogP contribution in [0.2, 0.25) is 0 Å². The maximum absolute atomic E-state index is 13.4. The first-order chi connectivity index (χ1) is 20.0. The molecule has 1 aliphatic carbocycles. The van der Waals surface area contributed by atoms with Crippen LogP contribution in [0.15, 0.2) is 66.9 Å². The van der Waals surface area contributed by atoms with Gasteiger partial charge in [0.1, 0.15) is 5.54 Å². The van der Waals surface area contributed by atoms with E-state index >= 15 is 0 Å². The Morgan fingerprint density at radius 3 is 2.38 bits per heavy atom. The van der Waals surface area contributed by atoms with Gasteiger partial charge in [0, 0.05) is 41.5 Å². The molecule has 0 unspecified atom stereocenters. The first-order valence-electron chi connectivity index (χ1n) is 14.2. The third kappa shape index (κ3) is 5.98. The summed E-state index contributed by atoms with van der Waals surface area (Å²) < 4.78 is 2.14. The van der Waals surface area contributed by atoms with Crippen molar-refractivity contribution in [2.45, 2.75) is 57.9 Å². The lowest BCUT2D eigenvalue weighted by Crippen LogP contribution is -2.52. The third-order valence-electron chi connectivity index (χ3n) is 8.00. The Bertz CT molecular complexity index is 1680. The summed E-state index contributed by atoms with van der Waals surface area (Å²) in [4.78, 5) is 42.0. The summed E-state index contributed by atoms with van der Waals surface area (Å²) in [6, 6.07) is 16.7. The van der Waals surface area contributed by atoms with Gasteiger partial charge in [-0.25, -0.2) is 4.79 Å². The summed E-state index contributed by atoms with van der Waals surface area (Å²) >= 11 is 0. The lowest BCUT2D eigenvalue weighted by atomic mass is 9.93. The number of aromatic nitrogens is 2. The second kappa shape index (κ2) is 11.6. The largest absolute Gasteiger partial charge is 0.478 e. The Balaban J connectivity index is 1.38. The highest BCUT2D eigenvalue weighted by atomic mass is 16.4. The molecule has 1 saturated carbocycles. The standard InChI is InChI=1S/C34H36N4O4/c1-21-9-17-27(35-20-21)31-30(23-7-5-6-8-23)26-16-13-24(19-28(26)38(31)4)32(41)37-34(2,3)33(42)36-25-14-10-22(11-15-25)12-18-29(39)40/h9-20,23H,5-8H2,1-4H3,(H,36,42)(H,37,41)(H,39,40)/b18-12+. The zero-order chi connectivity index (χ0) is 30.0. The second-order valence-corrected chi connectivity index (χ2v) is 11.6. The Morgan fingerprint density at radius 1 is 1.02 bits per heavy atom. The van der Waals surface area contributed by atoms with Gasteiger partial charge >= 0.3 is 5.97 Å². The number of amides is 2. The van der Waals surface area contributed by atoms with Crippen molar-refractivity contribution in [1.82, 2.24) is 14.9 Å². The van der Waals surface area contributed by atoms with E-state index < -0.39 is 11.5 Å². The van der Waals surface area contributed by atoms with E-state index in [1.807, 2.05) is 38.4 Å². The molecule has 42 heavy (non-hydrogen) atoms. The highest BCUT2D eigenvalue weighted by molar-refractivity contribution is 6.05. The number of anilines is 1. The van der Waals surface area contributed by atoms with Gasteiger partial charge in [0.05, 0.1) is 11.4 Å². The maximum atomic E-state index is 13.4. The molecule has 3 N–H and O–H groups in total. The van der Waals surface area contributed by atoms with Crippen LogP contribution in [0.3, 0.4) is 0 Å². The van der Waals surface area contributed by atoms with Gasteiger partial charge in [0.25, 0.3) is 5.91 Å². The van der Waals surface area contributed by atoms with E-state index in [4.69, 9.17) is 10.1 Å². The number of pyridine rings is 1. The van der Waals surface area contributed by atoms with Crippen LogP contribution in [0.4, 0.5) is 5.69 Å². The van der Waals surface area contributed by atoms with Crippen molar-refractivity contribution in [3.63, 3.8) is 0 Å². The van der Waals surface area contributed by atoms with Crippen LogP contribution in [-0.4, -0.2) is 38.0 Å². The predicted octanol–water partition coefficient (Wildman–Crippen LogP) is 6.45. The van der Waals surface area contributed by atoms with Gasteiger partial charge in [-0.3, -0.25) is 14.6 Å². The minimum Gasteiger partial charge on any atom is -0.478 e. The molecule has 0 radical (unpaired) electrons. The molecule has 0 atom stereocenters. The fourth-order valence-corrected chi connectivity index (χ4v) is 5.70. The van der Waals surface area contributed by atoms with Crippen molar-refractivity contribution >= 4 is 40.4 Å². The number of fused-ring (bicyclic) bond motifs is 1. The smallest absolute Gasteiger partial charge is 0.328 e. The van der Waals surface area contributed by atoms with Crippen LogP contribution in [0.1, 0.15) is 72.5 Å². The molecule has 2 amide bonds. The van der Waals surface area contributed by atoms with Crippen LogP contribution in [-0.2, 0) is 16.6 Å². The van der Waals surface area contributed by atoms with E-state index in [-0.39, 0.29) is 11.8 Å². The molecule has 0 spiro atoms. The number of nitrogens with one attached hydrogen (secondary N) is 2. The summed E-state index contributed by atoms with van der Waals surface area (Å²) in [5, 5.41) is 15.6. The lowest BCUT2D eigenvalue weighted by molar-refractivity contribution is -0.131. The molecule has 0 saturated heterocycles. The monoisotopic (exact) mass is 564 g/mol. The van der Waals surface area contributed by atoms with Crippen LogP contribution in [0, 0.1) is 6.92 Å². The highest BCUT2D eigenvalue weighted by Crippen LogP contribution is 2.44. The molecule has 1 aliphatic rings. The Kier molecular flexibility index (Phi) is 7.98. The summed E-state index contributed by atoms with van der Waals surface area (Å²) in [5.41, 5.74) is 5.89. The number of aliphatic carboxylic acids is 1. The van der Waals surface area contributed by atoms with E-state index in [2.05, 4.69) is 27.3 Å². The number of carbonyl (C=O) groups excluding carboxylic acids is 2. The Labute approximate surface area is 245 Å². The molecule has 0 bridgehead atoms. The van der Waals surface area contributed by atoms with Crippen molar-refractivity contribution in [1.29, 1.82) is 0 Å². The van der Waals surface area contributed by atoms with Crippen molar-refractivity contribution in [3.8, 4) is 11.4 Å². The SMILES string of the molecule is Cc1ccc(-c2c(C3CCCC3)c3ccc(C(=O)NC(C)(C)C(=O)Nc4ccc(/C=C/C(=O)O)cc4)cc3n2C)nc1. The van der Waals surface area contributed by atoms with Crippen molar-refractivity contribution in [2.24, 2.45) is 7.05 Å². The first-order valence-corrected chi connectivity index (χ1v) is 14.2. The number of carboxylic acids is 1. The zero-order valence-corrected chi connectivity index (χ0v) is 24.4. The normalized spacial score (nSPS) is 14.0. The topological polar surface area (TPSA) is 113 Å². The van der Waals surface area contributed by atoms with E-state index in [1.54, 1.807) is 38.1 Å². The summed E-state index contributed by atoms with van der Waals surface area (Å²) in [6.45, 7) is 5.34.